The predicted octanol–water partition coefficient (Wildman–Crippen LogP) is 5.12. The molecule has 3 aliphatic rings. The van der Waals surface area contributed by atoms with Crippen LogP contribution in [0, 0.1) is 0 Å². The highest BCUT2D eigenvalue weighted by molar-refractivity contribution is 7.99. The lowest BCUT2D eigenvalue weighted by molar-refractivity contribution is 0.0232. The molecular formula is C35H34NO3S+. The minimum Gasteiger partial charge on any atom is -0.497 e. The standard InChI is InChI=1S/C35H34NO3S/c1-38-29-17-15-25(16-18-29)34(37)35(19-21-39-22-20-35)40-32-14-8-7-13-30(32)36(28-11-3-2-4-12-28)31-23-26-9-5-6-10-27(26)24-33(31)40/h2-18,23-24,31,33-34,37H,19-22H2,1H3/q+1. The van der Waals surface area contributed by atoms with Gasteiger partial charge in [0.15, 0.2) is 14.9 Å². The molecule has 202 valence electrons. The fourth-order valence-corrected chi connectivity index (χ4v) is 10.4. The van der Waals surface area contributed by atoms with Crippen LogP contribution in [0.3, 0.4) is 0 Å². The second-order valence-corrected chi connectivity index (χ2v) is 13.3. The van der Waals surface area contributed by atoms with Crippen LogP contribution in [0.2, 0.25) is 0 Å². The van der Waals surface area contributed by atoms with E-state index in [4.69, 9.17) is 9.47 Å². The fourth-order valence-electron chi connectivity index (χ4n) is 6.76. The first-order valence-corrected chi connectivity index (χ1v) is 15.3. The van der Waals surface area contributed by atoms with E-state index in [2.05, 4.69) is 95.9 Å². The van der Waals surface area contributed by atoms with Gasteiger partial charge in [0.05, 0.1) is 26.0 Å². The number of benzene rings is 4. The lowest BCUT2D eigenvalue weighted by Crippen LogP contribution is -2.60. The second kappa shape index (κ2) is 10.5. The number of anilines is 2. The van der Waals surface area contributed by atoms with E-state index in [-0.39, 0.29) is 26.9 Å². The number of hydrogen-bond acceptors (Lipinski definition) is 4. The van der Waals surface area contributed by atoms with Crippen molar-refractivity contribution >= 4 is 34.4 Å². The molecule has 5 heteroatoms. The smallest absolute Gasteiger partial charge is 0.179 e. The molecule has 4 unspecified atom stereocenters. The Balaban J connectivity index is 1.47. The summed E-state index contributed by atoms with van der Waals surface area (Å²) < 4.78 is 11.0. The Bertz CT molecular complexity index is 1610. The third-order valence-corrected chi connectivity index (χ3v) is 12.0. The van der Waals surface area contributed by atoms with E-state index in [9.17, 15) is 5.11 Å². The lowest BCUT2D eigenvalue weighted by atomic mass is 9.88. The largest absolute Gasteiger partial charge is 0.497 e. The number of rotatable bonds is 5. The summed E-state index contributed by atoms with van der Waals surface area (Å²) in [7, 11) is 1.37. The first-order valence-electron chi connectivity index (χ1n) is 14.0. The van der Waals surface area contributed by atoms with Crippen molar-refractivity contribution in [2.75, 3.05) is 25.2 Å². The topological polar surface area (TPSA) is 41.9 Å². The highest BCUT2D eigenvalue weighted by Crippen LogP contribution is 2.54. The maximum absolute atomic E-state index is 12.4. The van der Waals surface area contributed by atoms with E-state index < -0.39 is 6.10 Å². The molecule has 2 heterocycles. The third-order valence-electron chi connectivity index (χ3n) is 8.70. The van der Waals surface area contributed by atoms with Gasteiger partial charge in [-0.15, -0.1) is 0 Å². The lowest BCUT2D eigenvalue weighted by Gasteiger charge is -2.48. The molecule has 4 aromatic rings. The number of aliphatic hydroxyl groups excluding tert-OH is 1. The number of fused-ring (bicyclic) bond motifs is 3. The zero-order valence-corrected chi connectivity index (χ0v) is 23.5. The summed E-state index contributed by atoms with van der Waals surface area (Å²) in [5.74, 6) is 0.799. The Morgan fingerprint density at radius 3 is 2.20 bits per heavy atom. The van der Waals surface area contributed by atoms with Crippen molar-refractivity contribution in [1.82, 2.24) is 0 Å². The number of aliphatic hydroxyl groups is 1. The molecule has 0 spiro atoms. The summed E-state index contributed by atoms with van der Waals surface area (Å²) in [6.45, 7) is 1.30. The number of methoxy groups -OCH3 is 1. The van der Waals surface area contributed by atoms with Gasteiger partial charge in [0.1, 0.15) is 17.9 Å². The average Bonchev–Trinajstić information content (AvgIpc) is 3.03. The van der Waals surface area contributed by atoms with Gasteiger partial charge in [-0.1, -0.05) is 66.7 Å². The van der Waals surface area contributed by atoms with Gasteiger partial charge in [-0.2, -0.15) is 0 Å². The van der Waals surface area contributed by atoms with Gasteiger partial charge >= 0.3 is 0 Å². The molecule has 40 heavy (non-hydrogen) atoms. The van der Waals surface area contributed by atoms with E-state index in [1.807, 2.05) is 24.3 Å². The zero-order valence-electron chi connectivity index (χ0n) is 22.6. The van der Waals surface area contributed by atoms with Crippen LogP contribution in [-0.2, 0) is 15.6 Å². The van der Waals surface area contributed by atoms with Crippen LogP contribution in [0.5, 0.6) is 5.75 Å². The van der Waals surface area contributed by atoms with Crippen LogP contribution < -0.4 is 20.1 Å². The van der Waals surface area contributed by atoms with Crippen molar-refractivity contribution in [2.24, 2.45) is 0 Å². The van der Waals surface area contributed by atoms with Crippen LogP contribution in [0.1, 0.15) is 24.5 Å². The monoisotopic (exact) mass is 548 g/mol. The first-order chi connectivity index (χ1) is 19.7. The molecule has 4 aromatic carbocycles. The molecule has 0 saturated carbocycles. The van der Waals surface area contributed by atoms with E-state index >= 15 is 0 Å². The minimum absolute atomic E-state index is 0.123. The summed E-state index contributed by atoms with van der Waals surface area (Å²) in [4.78, 5) is 3.84. The highest BCUT2D eigenvalue weighted by Gasteiger charge is 2.62. The SMILES string of the molecule is COc1ccc(C(O)C2([S+]3c4ccccc4N(c4ccccc4)C4C=c5ccccc5=CC43)CCOCC2)cc1. The van der Waals surface area contributed by atoms with Gasteiger partial charge in [0, 0.05) is 29.4 Å². The molecule has 0 aromatic heterocycles. The molecule has 1 N–H and O–H groups in total. The fraction of sp³-hybridized carbons (Fsp3) is 0.257. The van der Waals surface area contributed by atoms with Gasteiger partial charge in [0.2, 0.25) is 0 Å². The first kappa shape index (κ1) is 25.5. The summed E-state index contributed by atoms with van der Waals surface area (Å²) >= 11 is 0. The van der Waals surface area contributed by atoms with Crippen LogP contribution in [-0.4, -0.2) is 41.5 Å². The molecule has 7 rings (SSSR count). The Hall–Kier alpha value is -3.51. The minimum atomic E-state index is -0.631. The van der Waals surface area contributed by atoms with Gasteiger partial charge in [-0.3, -0.25) is 0 Å². The van der Waals surface area contributed by atoms with E-state index in [1.165, 1.54) is 26.7 Å². The quantitative estimate of drug-likeness (QED) is 0.352. The van der Waals surface area contributed by atoms with Crippen LogP contribution in [0.15, 0.2) is 108 Å². The predicted molar refractivity (Wildman–Crippen MR) is 164 cm³/mol. The number of hydrogen-bond donors (Lipinski definition) is 1. The summed E-state index contributed by atoms with van der Waals surface area (Å²) in [6, 6.07) is 36.4. The summed E-state index contributed by atoms with van der Waals surface area (Å²) in [6.07, 6.45) is 5.93. The van der Waals surface area contributed by atoms with Crippen molar-refractivity contribution in [2.45, 2.75) is 39.9 Å². The maximum Gasteiger partial charge on any atom is 0.179 e. The molecule has 4 atom stereocenters. The van der Waals surface area contributed by atoms with E-state index in [1.54, 1.807) is 7.11 Å². The van der Waals surface area contributed by atoms with Crippen LogP contribution in [0.4, 0.5) is 11.4 Å². The number of para-hydroxylation sites is 2. The molecule has 1 aliphatic carbocycles. The van der Waals surface area contributed by atoms with Crippen molar-refractivity contribution < 1.29 is 14.6 Å². The highest BCUT2D eigenvalue weighted by atomic mass is 32.2. The second-order valence-electron chi connectivity index (χ2n) is 10.8. The Morgan fingerprint density at radius 2 is 1.48 bits per heavy atom. The van der Waals surface area contributed by atoms with Gasteiger partial charge < -0.3 is 19.5 Å². The van der Waals surface area contributed by atoms with Crippen LogP contribution >= 0.6 is 0 Å². The Labute approximate surface area is 238 Å². The van der Waals surface area contributed by atoms with Gasteiger partial charge in [-0.25, -0.2) is 0 Å². The maximum atomic E-state index is 12.4. The van der Waals surface area contributed by atoms with Crippen LogP contribution in [0.25, 0.3) is 12.2 Å². The number of nitrogens with zero attached hydrogens (tertiary/aromatic N) is 1. The average molecular weight is 549 g/mol. The van der Waals surface area contributed by atoms with Crippen molar-refractivity contribution in [3.8, 4) is 5.75 Å². The molecular weight excluding hydrogens is 514 g/mol. The molecule has 0 amide bonds. The van der Waals surface area contributed by atoms with Crippen molar-refractivity contribution in [3.05, 3.63) is 119 Å². The van der Waals surface area contributed by atoms with Gasteiger partial charge in [-0.05, 0) is 64.6 Å². The molecule has 1 fully saturated rings. The van der Waals surface area contributed by atoms with Gasteiger partial charge in [0.25, 0.3) is 0 Å². The zero-order chi connectivity index (χ0) is 27.1. The molecule has 0 bridgehead atoms. The number of ether oxygens (including phenoxy) is 2. The molecule has 2 aliphatic heterocycles. The van der Waals surface area contributed by atoms with E-state index in [0.29, 0.717) is 13.2 Å². The Kier molecular flexibility index (Phi) is 6.67. The van der Waals surface area contributed by atoms with Crippen molar-refractivity contribution in [1.29, 1.82) is 0 Å². The third kappa shape index (κ3) is 4.15. The Morgan fingerprint density at radius 1 is 0.825 bits per heavy atom. The van der Waals surface area contributed by atoms with Crippen molar-refractivity contribution in [3.63, 3.8) is 0 Å². The summed E-state index contributed by atoms with van der Waals surface area (Å²) in [5.41, 5.74) is 3.36. The molecule has 4 nitrogen and oxygen atoms in total. The molecule has 1 saturated heterocycles. The molecule has 0 radical (unpaired) electrons. The van der Waals surface area contributed by atoms with E-state index in [0.717, 1.165) is 24.2 Å². The normalized spacial score (nSPS) is 23.4. The summed E-state index contributed by atoms with van der Waals surface area (Å²) in [5, 5.41) is 15.1.